The summed E-state index contributed by atoms with van der Waals surface area (Å²) in [5.41, 5.74) is 0.428. The fourth-order valence-electron chi connectivity index (χ4n) is 3.00. The number of fused-ring (bicyclic) bond motifs is 2. The molecule has 27 heavy (non-hydrogen) atoms. The van der Waals surface area contributed by atoms with Crippen molar-refractivity contribution in [3.63, 3.8) is 0 Å². The van der Waals surface area contributed by atoms with E-state index in [0.717, 1.165) is 6.07 Å². The van der Waals surface area contributed by atoms with E-state index in [1.165, 1.54) is 18.2 Å². The zero-order valence-electron chi connectivity index (χ0n) is 13.7. The van der Waals surface area contributed by atoms with E-state index in [0.29, 0.717) is 5.75 Å². The molecule has 0 radical (unpaired) electrons. The Labute approximate surface area is 159 Å². The first-order chi connectivity index (χ1) is 12.9. The van der Waals surface area contributed by atoms with Crippen LogP contribution in [0.5, 0.6) is 11.5 Å². The minimum absolute atomic E-state index is 0.00564. The third-order valence-electron chi connectivity index (χ3n) is 4.23. The van der Waals surface area contributed by atoms with Gasteiger partial charge in [0.05, 0.1) is 10.5 Å². The zero-order chi connectivity index (χ0) is 19.2. The molecule has 7 heteroatoms. The van der Waals surface area contributed by atoms with Crippen molar-refractivity contribution in [3.05, 3.63) is 89.0 Å². The number of hydrogen-bond acceptors (Lipinski definition) is 5. The molecule has 0 fully saturated rings. The molecule has 5 nitrogen and oxygen atoms in total. The molecule has 4 rings (SSSR count). The number of rotatable bonds is 3. The average molecular weight is 399 g/mol. The van der Waals surface area contributed by atoms with E-state index in [2.05, 4.69) is 0 Å². The maximum Gasteiger partial charge on any atom is 0.261 e. The molecule has 0 bridgehead atoms. The first-order valence-electron chi connectivity index (χ1n) is 7.90. The van der Waals surface area contributed by atoms with Crippen LogP contribution in [0.25, 0.3) is 0 Å². The van der Waals surface area contributed by atoms with Crippen molar-refractivity contribution in [1.29, 1.82) is 0 Å². The molecular formula is C20H11ClO5S. The smallest absolute Gasteiger partial charge is 0.261 e. The van der Waals surface area contributed by atoms with E-state index < -0.39 is 20.6 Å². The van der Waals surface area contributed by atoms with Gasteiger partial charge in [0.1, 0.15) is 11.5 Å². The second kappa shape index (κ2) is 6.33. The molecule has 0 atom stereocenters. The summed E-state index contributed by atoms with van der Waals surface area (Å²) in [5, 5.41) is 0. The quantitative estimate of drug-likeness (QED) is 0.484. The van der Waals surface area contributed by atoms with Crippen LogP contribution in [-0.2, 0) is 9.05 Å². The standard InChI is InChI=1S/C20H11ClO5S/c21-27(24,25)13-9-10-14-16(11-13)19(22)15-7-4-8-17(18(15)20(14)23)26-12-5-2-1-3-6-12/h1-11H. The lowest BCUT2D eigenvalue weighted by molar-refractivity contribution is 0.0977. The minimum Gasteiger partial charge on any atom is -0.457 e. The van der Waals surface area contributed by atoms with Crippen LogP contribution in [0.3, 0.4) is 0 Å². The van der Waals surface area contributed by atoms with Gasteiger partial charge in [0.2, 0.25) is 0 Å². The molecule has 0 spiro atoms. The molecule has 134 valence electrons. The van der Waals surface area contributed by atoms with Crippen LogP contribution in [0.15, 0.2) is 71.6 Å². The Morgan fingerprint density at radius 3 is 2.19 bits per heavy atom. The normalized spacial score (nSPS) is 13.1. The van der Waals surface area contributed by atoms with E-state index in [1.807, 2.05) is 6.07 Å². The number of carbonyl (C=O) groups is 2. The SMILES string of the molecule is O=C1c2cc(S(=O)(=O)Cl)ccc2C(=O)c2c(Oc3ccccc3)cccc21. The largest absolute Gasteiger partial charge is 0.457 e. The van der Waals surface area contributed by atoms with Crippen LogP contribution < -0.4 is 4.74 Å². The highest BCUT2D eigenvalue weighted by molar-refractivity contribution is 8.13. The summed E-state index contributed by atoms with van der Waals surface area (Å²) < 4.78 is 28.9. The lowest BCUT2D eigenvalue weighted by Crippen LogP contribution is -2.22. The molecule has 3 aromatic carbocycles. The number of carbonyl (C=O) groups excluding carboxylic acids is 2. The van der Waals surface area contributed by atoms with Gasteiger partial charge in [-0.3, -0.25) is 9.59 Å². The second-order valence-corrected chi connectivity index (χ2v) is 8.46. The van der Waals surface area contributed by atoms with E-state index in [1.54, 1.807) is 36.4 Å². The number of ketones is 2. The molecule has 0 saturated heterocycles. The summed E-state index contributed by atoms with van der Waals surface area (Å²) in [4.78, 5) is 25.7. The van der Waals surface area contributed by atoms with Crippen molar-refractivity contribution in [2.45, 2.75) is 4.90 Å². The Bertz CT molecular complexity index is 1200. The van der Waals surface area contributed by atoms with Crippen molar-refractivity contribution in [1.82, 2.24) is 0 Å². The van der Waals surface area contributed by atoms with Gasteiger partial charge in [0, 0.05) is 27.4 Å². The van der Waals surface area contributed by atoms with Gasteiger partial charge in [-0.05, 0) is 36.4 Å². The van der Waals surface area contributed by atoms with Crippen molar-refractivity contribution >= 4 is 31.3 Å². The molecule has 1 aliphatic carbocycles. The number of benzene rings is 3. The molecule has 1 aliphatic rings. The third-order valence-corrected chi connectivity index (χ3v) is 5.58. The van der Waals surface area contributed by atoms with Gasteiger partial charge in [0.15, 0.2) is 11.6 Å². The topological polar surface area (TPSA) is 77.5 Å². The Morgan fingerprint density at radius 2 is 1.48 bits per heavy atom. The molecule has 0 amide bonds. The van der Waals surface area contributed by atoms with E-state index in [9.17, 15) is 18.0 Å². The predicted molar refractivity (Wildman–Crippen MR) is 99.3 cm³/mol. The van der Waals surface area contributed by atoms with E-state index in [-0.39, 0.29) is 32.9 Å². The van der Waals surface area contributed by atoms with Gasteiger partial charge >= 0.3 is 0 Å². The minimum atomic E-state index is -4.02. The highest BCUT2D eigenvalue weighted by Crippen LogP contribution is 2.36. The third kappa shape index (κ3) is 3.03. The van der Waals surface area contributed by atoms with Gasteiger partial charge in [-0.25, -0.2) is 8.42 Å². The Kier molecular flexibility index (Phi) is 4.09. The van der Waals surface area contributed by atoms with E-state index >= 15 is 0 Å². The molecule has 0 aromatic heterocycles. The van der Waals surface area contributed by atoms with Crippen LogP contribution in [0, 0.1) is 0 Å². The Hall–Kier alpha value is -2.96. The summed E-state index contributed by atoms with van der Waals surface area (Å²) in [6, 6.07) is 17.3. The summed E-state index contributed by atoms with van der Waals surface area (Å²) >= 11 is 0. The molecule has 3 aromatic rings. The van der Waals surface area contributed by atoms with Gasteiger partial charge < -0.3 is 4.74 Å². The number of halogens is 1. The first kappa shape index (κ1) is 17.5. The number of para-hydroxylation sites is 1. The highest BCUT2D eigenvalue weighted by Gasteiger charge is 2.33. The van der Waals surface area contributed by atoms with Crippen molar-refractivity contribution in [2.24, 2.45) is 0 Å². The summed E-state index contributed by atoms with van der Waals surface area (Å²) in [6.07, 6.45) is 0. The summed E-state index contributed by atoms with van der Waals surface area (Å²) in [6.45, 7) is 0. The van der Waals surface area contributed by atoms with Crippen LogP contribution in [-0.4, -0.2) is 20.0 Å². The fourth-order valence-corrected chi connectivity index (χ4v) is 3.77. The first-order valence-corrected chi connectivity index (χ1v) is 10.2. The second-order valence-electron chi connectivity index (χ2n) is 5.90. The lowest BCUT2D eigenvalue weighted by atomic mass is 9.83. The molecule has 0 N–H and O–H groups in total. The van der Waals surface area contributed by atoms with E-state index in [4.69, 9.17) is 15.4 Å². The maximum atomic E-state index is 13.0. The molecular weight excluding hydrogens is 388 g/mol. The summed E-state index contributed by atoms with van der Waals surface area (Å²) in [5.74, 6) is -0.0813. The van der Waals surface area contributed by atoms with Crippen LogP contribution >= 0.6 is 10.7 Å². The molecule has 0 heterocycles. The van der Waals surface area contributed by atoms with Crippen LogP contribution in [0.1, 0.15) is 31.8 Å². The highest BCUT2D eigenvalue weighted by atomic mass is 35.7. The van der Waals surface area contributed by atoms with Crippen LogP contribution in [0.4, 0.5) is 0 Å². The molecule has 0 aliphatic heterocycles. The van der Waals surface area contributed by atoms with Gasteiger partial charge in [-0.15, -0.1) is 0 Å². The van der Waals surface area contributed by atoms with Gasteiger partial charge in [-0.2, -0.15) is 0 Å². The fraction of sp³-hybridized carbons (Fsp3) is 0. The number of hydrogen-bond donors (Lipinski definition) is 0. The zero-order valence-corrected chi connectivity index (χ0v) is 15.3. The van der Waals surface area contributed by atoms with Crippen molar-refractivity contribution in [3.8, 4) is 11.5 Å². The molecule has 0 unspecified atom stereocenters. The lowest BCUT2D eigenvalue weighted by Gasteiger charge is -2.20. The van der Waals surface area contributed by atoms with Crippen molar-refractivity contribution in [2.75, 3.05) is 0 Å². The monoisotopic (exact) mass is 398 g/mol. The molecule has 0 saturated carbocycles. The predicted octanol–water partition coefficient (Wildman–Crippen LogP) is 4.18. The van der Waals surface area contributed by atoms with Gasteiger partial charge in [-0.1, -0.05) is 30.3 Å². The average Bonchev–Trinajstić information content (AvgIpc) is 2.65. The Balaban J connectivity index is 1.86. The van der Waals surface area contributed by atoms with Crippen LogP contribution in [0.2, 0.25) is 0 Å². The van der Waals surface area contributed by atoms with Gasteiger partial charge in [0.25, 0.3) is 9.05 Å². The summed E-state index contributed by atoms with van der Waals surface area (Å²) in [7, 11) is 1.34. The maximum absolute atomic E-state index is 13.0. The van der Waals surface area contributed by atoms with Crippen molar-refractivity contribution < 1.29 is 22.7 Å². The Morgan fingerprint density at radius 1 is 0.741 bits per heavy atom. The number of ether oxygens (including phenoxy) is 1.